The van der Waals surface area contributed by atoms with Crippen molar-refractivity contribution >= 4 is 30.3 Å². The van der Waals surface area contributed by atoms with Crippen LogP contribution in [0, 0.1) is 0 Å². The lowest BCUT2D eigenvalue weighted by Gasteiger charge is -2.15. The van der Waals surface area contributed by atoms with E-state index in [0.29, 0.717) is 6.42 Å². The number of urea groups is 1. The summed E-state index contributed by atoms with van der Waals surface area (Å²) in [7, 11) is 0. The van der Waals surface area contributed by atoms with Crippen molar-refractivity contribution in [1.82, 2.24) is 15.5 Å². The molecule has 0 spiro atoms. The van der Waals surface area contributed by atoms with E-state index < -0.39 is 12.1 Å². The Balaban J connectivity index is 0.00000242. The summed E-state index contributed by atoms with van der Waals surface area (Å²) in [6.07, 6.45) is 0.440. The summed E-state index contributed by atoms with van der Waals surface area (Å²) < 4.78 is 0. The van der Waals surface area contributed by atoms with Crippen LogP contribution in [0.4, 0.5) is 4.79 Å². The molecule has 0 bridgehead atoms. The van der Waals surface area contributed by atoms with Crippen LogP contribution in [-0.2, 0) is 16.0 Å². The molecular weight excluding hydrogens is 308 g/mol. The number of amides is 4. The highest BCUT2D eigenvalue weighted by Crippen LogP contribution is 2.02. The van der Waals surface area contributed by atoms with Gasteiger partial charge in [-0.15, -0.1) is 12.4 Å². The molecule has 4 amide bonds. The summed E-state index contributed by atoms with van der Waals surface area (Å²) in [6.45, 7) is 0.356. The number of carbonyl (C=O) groups excluding carboxylic acids is 3. The Morgan fingerprint density at radius 1 is 1.32 bits per heavy atom. The molecule has 4 N–H and O–H groups in total. The van der Waals surface area contributed by atoms with Crippen molar-refractivity contribution in [3.05, 3.63) is 35.9 Å². The molecular formula is C14H19ClN4O3. The molecule has 0 aliphatic carbocycles. The van der Waals surface area contributed by atoms with Gasteiger partial charge in [0, 0.05) is 13.1 Å². The third-order valence-electron chi connectivity index (χ3n) is 3.21. The maximum absolute atomic E-state index is 11.8. The summed E-state index contributed by atoms with van der Waals surface area (Å²) >= 11 is 0. The Morgan fingerprint density at radius 3 is 2.59 bits per heavy atom. The first-order chi connectivity index (χ1) is 10.1. The molecule has 0 radical (unpaired) electrons. The van der Waals surface area contributed by atoms with Crippen molar-refractivity contribution in [3.63, 3.8) is 0 Å². The van der Waals surface area contributed by atoms with E-state index in [0.717, 1.165) is 10.5 Å². The molecule has 0 saturated carbocycles. The molecule has 120 valence electrons. The lowest BCUT2D eigenvalue weighted by Crippen LogP contribution is -2.45. The zero-order valence-corrected chi connectivity index (χ0v) is 12.8. The molecule has 0 aromatic heterocycles. The van der Waals surface area contributed by atoms with Crippen LogP contribution in [0.25, 0.3) is 0 Å². The van der Waals surface area contributed by atoms with Gasteiger partial charge in [-0.3, -0.25) is 14.5 Å². The van der Waals surface area contributed by atoms with Crippen LogP contribution in [0.2, 0.25) is 0 Å². The summed E-state index contributed by atoms with van der Waals surface area (Å²) in [6, 6.07) is 8.39. The van der Waals surface area contributed by atoms with Gasteiger partial charge >= 0.3 is 6.03 Å². The van der Waals surface area contributed by atoms with Gasteiger partial charge in [-0.25, -0.2) is 4.79 Å². The molecule has 8 heteroatoms. The Hall–Kier alpha value is -2.12. The van der Waals surface area contributed by atoms with Gasteiger partial charge in [0.25, 0.3) is 0 Å². The van der Waals surface area contributed by atoms with Crippen LogP contribution >= 0.6 is 12.4 Å². The SMILES string of the molecule is Cl.N[C@@H](Cc1ccccc1)C(=O)NCCN1C(=O)CNC1=O. The van der Waals surface area contributed by atoms with E-state index in [1.54, 1.807) is 0 Å². The predicted molar refractivity (Wildman–Crippen MR) is 83.5 cm³/mol. The summed E-state index contributed by atoms with van der Waals surface area (Å²) in [5, 5.41) is 5.05. The lowest BCUT2D eigenvalue weighted by atomic mass is 10.1. The number of hydrogen-bond acceptors (Lipinski definition) is 4. The van der Waals surface area contributed by atoms with E-state index in [1.165, 1.54) is 0 Å². The summed E-state index contributed by atoms with van der Waals surface area (Å²) in [4.78, 5) is 35.5. The van der Waals surface area contributed by atoms with Crippen molar-refractivity contribution in [3.8, 4) is 0 Å². The summed E-state index contributed by atoms with van der Waals surface area (Å²) in [5.74, 6) is -0.589. The first-order valence-corrected chi connectivity index (χ1v) is 6.73. The zero-order valence-electron chi connectivity index (χ0n) is 12.0. The third kappa shape index (κ3) is 4.71. The Morgan fingerprint density at radius 2 is 2.00 bits per heavy atom. The number of nitrogens with two attached hydrogens (primary N) is 1. The Labute approximate surface area is 134 Å². The summed E-state index contributed by atoms with van der Waals surface area (Å²) in [5.41, 5.74) is 6.81. The second-order valence-electron chi connectivity index (χ2n) is 4.79. The number of hydrogen-bond donors (Lipinski definition) is 3. The Bertz CT molecular complexity index is 522. The van der Waals surface area contributed by atoms with Crippen molar-refractivity contribution < 1.29 is 14.4 Å². The van der Waals surface area contributed by atoms with Crippen LogP contribution in [0.3, 0.4) is 0 Å². The molecule has 1 fully saturated rings. The van der Waals surface area contributed by atoms with Crippen LogP contribution < -0.4 is 16.4 Å². The smallest absolute Gasteiger partial charge is 0.324 e. The fourth-order valence-electron chi connectivity index (χ4n) is 2.06. The number of halogens is 1. The first kappa shape index (κ1) is 17.9. The molecule has 1 aromatic rings. The largest absolute Gasteiger partial charge is 0.353 e. The maximum atomic E-state index is 11.8. The predicted octanol–water partition coefficient (Wildman–Crippen LogP) is -0.354. The van der Waals surface area contributed by atoms with E-state index in [1.807, 2.05) is 30.3 Å². The van der Waals surface area contributed by atoms with E-state index in [4.69, 9.17) is 5.73 Å². The van der Waals surface area contributed by atoms with Crippen LogP contribution in [0.1, 0.15) is 5.56 Å². The number of imide groups is 1. The van der Waals surface area contributed by atoms with Crippen LogP contribution in [-0.4, -0.2) is 48.4 Å². The number of rotatable bonds is 6. The molecule has 1 aliphatic heterocycles. The van der Waals surface area contributed by atoms with Gasteiger partial charge in [-0.05, 0) is 12.0 Å². The van der Waals surface area contributed by atoms with Gasteiger partial charge in [0.1, 0.15) is 0 Å². The highest BCUT2D eigenvalue weighted by atomic mass is 35.5. The highest BCUT2D eigenvalue weighted by Gasteiger charge is 2.27. The van der Waals surface area contributed by atoms with Gasteiger partial charge in [0.05, 0.1) is 12.6 Å². The molecule has 1 atom stereocenters. The number of benzene rings is 1. The number of carbonyl (C=O) groups is 3. The average molecular weight is 327 g/mol. The second-order valence-corrected chi connectivity index (χ2v) is 4.79. The van der Waals surface area contributed by atoms with Gasteiger partial charge < -0.3 is 16.4 Å². The fourth-order valence-corrected chi connectivity index (χ4v) is 2.06. The zero-order chi connectivity index (χ0) is 15.2. The van der Waals surface area contributed by atoms with E-state index in [2.05, 4.69) is 10.6 Å². The minimum absolute atomic E-state index is 0. The second kappa shape index (κ2) is 8.35. The van der Waals surface area contributed by atoms with Gasteiger partial charge in [-0.1, -0.05) is 30.3 Å². The minimum Gasteiger partial charge on any atom is -0.353 e. The normalized spacial score (nSPS) is 15.0. The van der Waals surface area contributed by atoms with Crippen molar-refractivity contribution in [2.75, 3.05) is 19.6 Å². The fraction of sp³-hybridized carbons (Fsp3) is 0.357. The third-order valence-corrected chi connectivity index (χ3v) is 3.21. The standard InChI is InChI=1S/C14H18N4O3.ClH/c15-11(8-10-4-2-1-3-5-10)13(20)16-6-7-18-12(19)9-17-14(18)21;/h1-5,11H,6-9,15H2,(H,16,20)(H,17,21);1H/t11-;/m0./s1. The van der Waals surface area contributed by atoms with Crippen LogP contribution in [0.5, 0.6) is 0 Å². The average Bonchev–Trinajstić information content (AvgIpc) is 2.80. The van der Waals surface area contributed by atoms with Gasteiger partial charge in [0.15, 0.2) is 0 Å². The van der Waals surface area contributed by atoms with Crippen molar-refractivity contribution in [1.29, 1.82) is 0 Å². The first-order valence-electron chi connectivity index (χ1n) is 6.73. The van der Waals surface area contributed by atoms with Crippen molar-refractivity contribution in [2.45, 2.75) is 12.5 Å². The molecule has 1 saturated heterocycles. The van der Waals surface area contributed by atoms with Crippen LogP contribution in [0.15, 0.2) is 30.3 Å². The molecule has 1 aliphatic rings. The molecule has 0 unspecified atom stereocenters. The van der Waals surface area contributed by atoms with E-state index in [9.17, 15) is 14.4 Å². The number of nitrogens with one attached hydrogen (secondary N) is 2. The quantitative estimate of drug-likeness (QED) is 0.621. The topological polar surface area (TPSA) is 105 Å². The molecule has 22 heavy (non-hydrogen) atoms. The molecule has 7 nitrogen and oxygen atoms in total. The molecule has 1 aromatic carbocycles. The van der Waals surface area contributed by atoms with E-state index in [-0.39, 0.29) is 43.9 Å². The number of nitrogens with zero attached hydrogens (tertiary/aromatic N) is 1. The molecule has 2 rings (SSSR count). The Kier molecular flexibility index (Phi) is 6.81. The van der Waals surface area contributed by atoms with Gasteiger partial charge in [0.2, 0.25) is 11.8 Å². The monoisotopic (exact) mass is 326 g/mol. The molecule has 1 heterocycles. The highest BCUT2D eigenvalue weighted by molar-refractivity contribution is 6.01. The maximum Gasteiger partial charge on any atom is 0.324 e. The lowest BCUT2D eigenvalue weighted by molar-refractivity contribution is -0.126. The van der Waals surface area contributed by atoms with Crippen molar-refractivity contribution in [2.24, 2.45) is 5.73 Å². The van der Waals surface area contributed by atoms with E-state index >= 15 is 0 Å². The van der Waals surface area contributed by atoms with Gasteiger partial charge in [-0.2, -0.15) is 0 Å². The minimum atomic E-state index is -0.657.